The molecule has 1 nitrogen and oxygen atoms in total. The lowest BCUT2D eigenvalue weighted by Gasteiger charge is -2.09. The zero-order valence-corrected chi connectivity index (χ0v) is 16.2. The second kappa shape index (κ2) is 9.74. The van der Waals surface area contributed by atoms with Crippen LogP contribution >= 0.6 is 0 Å². The lowest BCUT2D eigenvalue weighted by atomic mass is 9.95. The molecule has 3 aromatic rings. The number of aryl methyl sites for hydroxylation is 1. The average molecular weight is 344 g/mol. The molecule has 0 atom stereocenters. The molecular formula is C25H28O. The molecule has 0 saturated carbocycles. The van der Waals surface area contributed by atoms with Gasteiger partial charge in [-0.05, 0) is 52.8 Å². The highest BCUT2D eigenvalue weighted by Gasteiger charge is 2.04. The van der Waals surface area contributed by atoms with E-state index in [-0.39, 0.29) is 6.61 Å². The molecule has 0 unspecified atom stereocenters. The third-order valence-corrected chi connectivity index (χ3v) is 4.42. The first-order chi connectivity index (χ1) is 12.7. The van der Waals surface area contributed by atoms with Crippen LogP contribution < -0.4 is 0 Å². The maximum Gasteiger partial charge on any atom is 0.0681 e. The van der Waals surface area contributed by atoms with E-state index in [1.165, 1.54) is 33.4 Å². The van der Waals surface area contributed by atoms with Crippen LogP contribution in [-0.4, -0.2) is 5.11 Å². The van der Waals surface area contributed by atoms with E-state index in [4.69, 9.17) is 0 Å². The summed E-state index contributed by atoms with van der Waals surface area (Å²) in [6.07, 6.45) is 4.32. The van der Waals surface area contributed by atoms with Gasteiger partial charge in [-0.2, -0.15) is 0 Å². The minimum absolute atomic E-state index is 0.0864. The quantitative estimate of drug-likeness (QED) is 0.525. The van der Waals surface area contributed by atoms with Crippen molar-refractivity contribution < 1.29 is 5.11 Å². The van der Waals surface area contributed by atoms with Gasteiger partial charge in [0.25, 0.3) is 0 Å². The van der Waals surface area contributed by atoms with E-state index >= 15 is 0 Å². The van der Waals surface area contributed by atoms with Crippen LogP contribution in [0.25, 0.3) is 23.3 Å². The highest BCUT2D eigenvalue weighted by Crippen LogP contribution is 2.26. The number of hydrogen-bond donors (Lipinski definition) is 1. The van der Waals surface area contributed by atoms with Crippen molar-refractivity contribution >= 4 is 12.2 Å². The number of hydrogen-bond acceptors (Lipinski definition) is 1. The zero-order chi connectivity index (χ0) is 18.9. The topological polar surface area (TPSA) is 20.2 Å². The van der Waals surface area contributed by atoms with Crippen molar-refractivity contribution in [2.24, 2.45) is 0 Å². The van der Waals surface area contributed by atoms with E-state index in [1.54, 1.807) is 0 Å². The summed E-state index contributed by atoms with van der Waals surface area (Å²) >= 11 is 0. The third kappa shape index (κ3) is 4.71. The molecule has 3 rings (SSSR count). The summed E-state index contributed by atoms with van der Waals surface area (Å²) in [6, 6.07) is 23.0. The van der Waals surface area contributed by atoms with Crippen molar-refractivity contribution in [1.82, 2.24) is 0 Å². The van der Waals surface area contributed by atoms with Gasteiger partial charge >= 0.3 is 0 Å². The highest BCUT2D eigenvalue weighted by molar-refractivity contribution is 5.78. The molecule has 0 fully saturated rings. The number of benzene rings is 3. The molecule has 0 aliphatic carbocycles. The Labute approximate surface area is 157 Å². The average Bonchev–Trinajstić information content (AvgIpc) is 2.70. The van der Waals surface area contributed by atoms with Crippen LogP contribution in [0.1, 0.15) is 41.7 Å². The van der Waals surface area contributed by atoms with Crippen LogP contribution in [0, 0.1) is 13.8 Å². The molecular weight excluding hydrogens is 316 g/mol. The maximum absolute atomic E-state index is 9.22. The Morgan fingerprint density at radius 3 is 2.12 bits per heavy atom. The van der Waals surface area contributed by atoms with Crippen molar-refractivity contribution in [3.05, 3.63) is 94.5 Å². The minimum atomic E-state index is 0.0864. The maximum atomic E-state index is 9.22. The lowest BCUT2D eigenvalue weighted by molar-refractivity contribution is 0.282. The van der Waals surface area contributed by atoms with Crippen molar-refractivity contribution in [3.8, 4) is 11.1 Å². The molecule has 0 spiro atoms. The summed E-state index contributed by atoms with van der Waals surface area (Å²) in [4.78, 5) is 0. The van der Waals surface area contributed by atoms with Gasteiger partial charge in [-0.15, -0.1) is 0 Å². The molecule has 0 aliphatic heterocycles. The van der Waals surface area contributed by atoms with Crippen LogP contribution in [-0.2, 0) is 6.61 Å². The molecule has 0 aliphatic rings. The summed E-state index contributed by atoms with van der Waals surface area (Å²) < 4.78 is 0. The number of aliphatic hydroxyl groups is 1. The van der Waals surface area contributed by atoms with Crippen LogP contribution in [0.5, 0.6) is 0 Å². The molecule has 1 heteroatoms. The Morgan fingerprint density at radius 1 is 0.769 bits per heavy atom. The van der Waals surface area contributed by atoms with Gasteiger partial charge in [-0.25, -0.2) is 0 Å². The second-order valence-electron chi connectivity index (χ2n) is 6.07. The minimum Gasteiger partial charge on any atom is -0.392 e. The first-order valence-corrected chi connectivity index (χ1v) is 9.22. The summed E-state index contributed by atoms with van der Waals surface area (Å²) in [5.41, 5.74) is 8.32. The Morgan fingerprint density at radius 2 is 1.46 bits per heavy atom. The van der Waals surface area contributed by atoms with E-state index in [9.17, 15) is 5.11 Å². The van der Waals surface area contributed by atoms with Crippen molar-refractivity contribution in [1.29, 1.82) is 0 Å². The smallest absolute Gasteiger partial charge is 0.0681 e. The monoisotopic (exact) mass is 344 g/mol. The first-order valence-electron chi connectivity index (χ1n) is 9.22. The van der Waals surface area contributed by atoms with Gasteiger partial charge in [-0.3, -0.25) is 0 Å². The highest BCUT2D eigenvalue weighted by atomic mass is 16.3. The fraction of sp³-hybridized carbons (Fsp3) is 0.200. The van der Waals surface area contributed by atoms with Crippen molar-refractivity contribution in [2.75, 3.05) is 0 Å². The van der Waals surface area contributed by atoms with Gasteiger partial charge in [0.15, 0.2) is 0 Å². The molecule has 0 aromatic heterocycles. The summed E-state index contributed by atoms with van der Waals surface area (Å²) in [5, 5.41) is 9.22. The summed E-state index contributed by atoms with van der Waals surface area (Å²) in [6.45, 7) is 8.33. The van der Waals surface area contributed by atoms with E-state index in [0.717, 1.165) is 5.56 Å². The van der Waals surface area contributed by atoms with Gasteiger partial charge in [-0.1, -0.05) is 92.7 Å². The Bertz CT molecular complexity index is 861. The molecule has 0 bridgehead atoms. The van der Waals surface area contributed by atoms with Crippen LogP contribution in [0.2, 0.25) is 0 Å². The molecule has 26 heavy (non-hydrogen) atoms. The summed E-state index contributed by atoms with van der Waals surface area (Å²) in [5.74, 6) is 0. The van der Waals surface area contributed by atoms with Crippen molar-refractivity contribution in [2.45, 2.75) is 34.3 Å². The molecule has 0 saturated heterocycles. The molecule has 134 valence electrons. The van der Waals surface area contributed by atoms with Gasteiger partial charge in [0.1, 0.15) is 0 Å². The Balaban J connectivity index is 0.00000117. The van der Waals surface area contributed by atoms with E-state index in [1.807, 2.05) is 32.0 Å². The number of rotatable bonds is 4. The van der Waals surface area contributed by atoms with E-state index < -0.39 is 0 Å². The zero-order valence-electron chi connectivity index (χ0n) is 16.2. The predicted molar refractivity (Wildman–Crippen MR) is 114 cm³/mol. The van der Waals surface area contributed by atoms with Crippen LogP contribution in [0.4, 0.5) is 0 Å². The molecule has 1 N–H and O–H groups in total. The fourth-order valence-electron chi connectivity index (χ4n) is 2.97. The normalized spacial score (nSPS) is 10.5. The van der Waals surface area contributed by atoms with Crippen LogP contribution in [0.3, 0.4) is 0 Å². The predicted octanol–water partition coefficient (Wildman–Crippen LogP) is 6.66. The number of aliphatic hydroxyl groups excluding tert-OH is 1. The molecule has 3 aromatic carbocycles. The van der Waals surface area contributed by atoms with Gasteiger partial charge in [0, 0.05) is 0 Å². The fourth-order valence-corrected chi connectivity index (χ4v) is 2.97. The van der Waals surface area contributed by atoms with E-state index in [2.05, 4.69) is 74.5 Å². The Hall–Kier alpha value is -2.64. The lowest BCUT2D eigenvalue weighted by Crippen LogP contribution is -1.88. The van der Waals surface area contributed by atoms with Gasteiger partial charge in [0.05, 0.1) is 6.61 Å². The molecule has 0 amide bonds. The van der Waals surface area contributed by atoms with Gasteiger partial charge < -0.3 is 5.11 Å². The van der Waals surface area contributed by atoms with Gasteiger partial charge in [0.2, 0.25) is 0 Å². The third-order valence-electron chi connectivity index (χ3n) is 4.42. The largest absolute Gasteiger partial charge is 0.392 e. The molecule has 0 heterocycles. The SMILES string of the molecule is CC.Cc1cc(CO)ccc1/C=C/c1cccc(-c2ccccc2)c1C. The van der Waals surface area contributed by atoms with Crippen LogP contribution in [0.15, 0.2) is 66.7 Å². The standard InChI is InChI=1S/C23H22O.C2H6/c1-17-15-19(16-24)11-12-20(17)13-14-21-9-6-10-23(18(21)2)22-7-4-3-5-8-22;1-2/h3-15,24H,16H2,1-2H3;1-2H3/b14-13+;. The summed E-state index contributed by atoms with van der Waals surface area (Å²) in [7, 11) is 0. The second-order valence-corrected chi connectivity index (χ2v) is 6.07. The van der Waals surface area contributed by atoms with Crippen molar-refractivity contribution in [3.63, 3.8) is 0 Å². The first kappa shape index (κ1) is 19.7. The molecule has 0 radical (unpaired) electrons. The Kier molecular flexibility index (Phi) is 7.37. The van der Waals surface area contributed by atoms with E-state index in [0.29, 0.717) is 0 Å².